The Morgan fingerprint density at radius 2 is 1.59 bits per heavy atom. The van der Waals surface area contributed by atoms with Crippen molar-refractivity contribution in [1.82, 2.24) is 10.6 Å². The Morgan fingerprint density at radius 3 is 1.94 bits per heavy atom. The van der Waals surface area contributed by atoms with E-state index in [1.54, 1.807) is 19.4 Å². The fourth-order valence-corrected chi connectivity index (χ4v) is 2.30. The number of carbonyl (C=O) groups is 3. The zero-order chi connectivity index (χ0) is 13.4. The van der Waals surface area contributed by atoms with Gasteiger partial charge in [0.15, 0.2) is 0 Å². The molecule has 0 aromatic carbocycles. The van der Waals surface area contributed by atoms with E-state index in [-0.39, 0.29) is 23.9 Å². The summed E-state index contributed by atoms with van der Waals surface area (Å²) < 4.78 is 0.654. The van der Waals surface area contributed by atoms with Gasteiger partial charge in [0.25, 0.3) is 5.91 Å². The van der Waals surface area contributed by atoms with Crippen LogP contribution in [0.25, 0.3) is 0 Å². The lowest BCUT2D eigenvalue weighted by Gasteiger charge is -2.11. The molecule has 0 rings (SSSR count). The lowest BCUT2D eigenvalue weighted by Crippen LogP contribution is -2.37. The first kappa shape index (κ1) is 16.1. The Bertz CT molecular complexity index is 347. The number of hydrogen-bond acceptors (Lipinski definition) is 5. The molecular formula is C10H16N2O3S2. The van der Waals surface area contributed by atoms with Crippen LogP contribution < -0.4 is 10.6 Å². The van der Waals surface area contributed by atoms with E-state index in [9.17, 15) is 14.4 Å². The van der Waals surface area contributed by atoms with E-state index in [1.165, 1.54) is 30.4 Å². The standard InChI is InChI=1S/C10H16N2O3S2/c1-5-7(14)12-9(15)8(11-6(2)13)10(16-3)17-4/h5H2,1-4H3,(H,11,13)(H,12,14,15). The molecule has 7 heteroatoms. The summed E-state index contributed by atoms with van der Waals surface area (Å²) in [6.07, 6.45) is 3.80. The third kappa shape index (κ3) is 5.78. The second-order valence-electron chi connectivity index (χ2n) is 2.98. The molecule has 0 fully saturated rings. The lowest BCUT2D eigenvalue weighted by molar-refractivity contribution is -0.129. The van der Waals surface area contributed by atoms with Crippen molar-refractivity contribution in [2.45, 2.75) is 20.3 Å². The predicted molar refractivity (Wildman–Crippen MR) is 71.3 cm³/mol. The maximum atomic E-state index is 11.8. The number of imide groups is 1. The molecule has 0 spiro atoms. The number of amides is 3. The van der Waals surface area contributed by atoms with Crippen LogP contribution in [0.5, 0.6) is 0 Å². The lowest BCUT2D eigenvalue weighted by atomic mass is 10.4. The summed E-state index contributed by atoms with van der Waals surface area (Å²) in [5.41, 5.74) is 0.124. The fraction of sp³-hybridized carbons (Fsp3) is 0.500. The SMILES string of the molecule is CCC(=O)NC(=O)C(NC(C)=O)=C(SC)SC. The van der Waals surface area contributed by atoms with Gasteiger partial charge in [0.1, 0.15) is 5.70 Å². The van der Waals surface area contributed by atoms with Crippen molar-refractivity contribution in [2.75, 3.05) is 12.5 Å². The maximum absolute atomic E-state index is 11.8. The third-order valence-corrected chi connectivity index (χ3v) is 3.83. The van der Waals surface area contributed by atoms with Gasteiger partial charge in [-0.3, -0.25) is 19.7 Å². The first-order valence-electron chi connectivity index (χ1n) is 4.90. The minimum atomic E-state index is -0.578. The number of thioether (sulfide) groups is 2. The number of nitrogens with one attached hydrogen (secondary N) is 2. The summed E-state index contributed by atoms with van der Waals surface area (Å²) in [5, 5.41) is 4.65. The van der Waals surface area contributed by atoms with E-state index in [0.717, 1.165) is 0 Å². The first-order valence-corrected chi connectivity index (χ1v) is 7.35. The molecule has 0 aliphatic rings. The molecule has 17 heavy (non-hydrogen) atoms. The minimum absolute atomic E-state index is 0.124. The minimum Gasteiger partial charge on any atom is -0.320 e. The van der Waals surface area contributed by atoms with Crippen LogP contribution in [-0.2, 0) is 14.4 Å². The average Bonchev–Trinajstić information content (AvgIpc) is 2.28. The van der Waals surface area contributed by atoms with E-state index < -0.39 is 5.91 Å². The monoisotopic (exact) mass is 276 g/mol. The highest BCUT2D eigenvalue weighted by Gasteiger charge is 2.17. The molecule has 5 nitrogen and oxygen atoms in total. The molecule has 0 radical (unpaired) electrons. The Hall–Kier alpha value is -0.950. The van der Waals surface area contributed by atoms with Gasteiger partial charge < -0.3 is 5.32 Å². The third-order valence-electron chi connectivity index (χ3n) is 1.68. The first-order chi connectivity index (χ1) is 7.96. The van der Waals surface area contributed by atoms with E-state index in [1.807, 2.05) is 0 Å². The second-order valence-corrected chi connectivity index (χ2v) is 4.87. The summed E-state index contributed by atoms with van der Waals surface area (Å²) >= 11 is 2.68. The predicted octanol–water partition coefficient (Wildman–Crippen LogP) is 1.07. The molecule has 0 aliphatic carbocycles. The molecule has 0 atom stereocenters. The van der Waals surface area contributed by atoms with Crippen molar-refractivity contribution >= 4 is 41.2 Å². The maximum Gasteiger partial charge on any atom is 0.276 e. The van der Waals surface area contributed by atoms with Crippen LogP contribution in [0.4, 0.5) is 0 Å². The van der Waals surface area contributed by atoms with Crippen LogP contribution >= 0.6 is 23.5 Å². The largest absolute Gasteiger partial charge is 0.320 e. The van der Waals surface area contributed by atoms with Crippen molar-refractivity contribution in [1.29, 1.82) is 0 Å². The van der Waals surface area contributed by atoms with Gasteiger partial charge in [0.2, 0.25) is 11.8 Å². The van der Waals surface area contributed by atoms with Gasteiger partial charge in [0, 0.05) is 13.3 Å². The molecule has 2 N–H and O–H groups in total. The molecule has 0 heterocycles. The molecule has 0 unspecified atom stereocenters. The Balaban J connectivity index is 5.04. The summed E-state index contributed by atoms with van der Waals surface area (Å²) in [7, 11) is 0. The topological polar surface area (TPSA) is 75.3 Å². The highest BCUT2D eigenvalue weighted by atomic mass is 32.2. The van der Waals surface area contributed by atoms with Gasteiger partial charge in [-0.05, 0) is 12.5 Å². The summed E-state index contributed by atoms with van der Waals surface area (Å²) in [6.45, 7) is 2.96. The van der Waals surface area contributed by atoms with Gasteiger partial charge in [-0.25, -0.2) is 0 Å². The van der Waals surface area contributed by atoms with Crippen LogP contribution in [-0.4, -0.2) is 30.2 Å². The molecule has 0 aliphatic heterocycles. The normalized spacial score (nSPS) is 9.41. The van der Waals surface area contributed by atoms with Gasteiger partial charge >= 0.3 is 0 Å². The zero-order valence-electron chi connectivity index (χ0n) is 10.2. The Kier molecular flexibility index (Phi) is 7.73. The number of carbonyl (C=O) groups excluding carboxylic acids is 3. The van der Waals surface area contributed by atoms with Crippen LogP contribution in [0.15, 0.2) is 9.93 Å². The van der Waals surface area contributed by atoms with Crippen molar-refractivity contribution in [2.24, 2.45) is 0 Å². The van der Waals surface area contributed by atoms with Crippen molar-refractivity contribution in [3.63, 3.8) is 0 Å². The summed E-state index contributed by atoms with van der Waals surface area (Å²) in [6, 6.07) is 0. The Labute approximate surface area is 109 Å². The van der Waals surface area contributed by atoms with Gasteiger partial charge in [0.05, 0.1) is 4.24 Å². The molecule has 3 amide bonds. The quantitative estimate of drug-likeness (QED) is 0.735. The van der Waals surface area contributed by atoms with E-state index >= 15 is 0 Å². The van der Waals surface area contributed by atoms with Gasteiger partial charge in [-0.15, -0.1) is 23.5 Å². The van der Waals surface area contributed by atoms with Crippen LogP contribution in [0.1, 0.15) is 20.3 Å². The van der Waals surface area contributed by atoms with Crippen LogP contribution in [0, 0.1) is 0 Å². The molecule has 96 valence electrons. The van der Waals surface area contributed by atoms with E-state index in [0.29, 0.717) is 4.24 Å². The Morgan fingerprint density at radius 1 is 1.06 bits per heavy atom. The molecule has 0 aromatic heterocycles. The smallest absolute Gasteiger partial charge is 0.276 e. The van der Waals surface area contributed by atoms with Crippen LogP contribution in [0.3, 0.4) is 0 Å². The van der Waals surface area contributed by atoms with E-state index in [2.05, 4.69) is 10.6 Å². The average molecular weight is 276 g/mol. The molecule has 0 saturated carbocycles. The molecule has 0 saturated heterocycles. The van der Waals surface area contributed by atoms with Crippen LogP contribution in [0.2, 0.25) is 0 Å². The van der Waals surface area contributed by atoms with Gasteiger partial charge in [-0.1, -0.05) is 6.92 Å². The summed E-state index contributed by atoms with van der Waals surface area (Å²) in [4.78, 5) is 33.9. The van der Waals surface area contributed by atoms with E-state index in [4.69, 9.17) is 0 Å². The number of hydrogen-bond donors (Lipinski definition) is 2. The fourth-order valence-electron chi connectivity index (χ4n) is 0.941. The zero-order valence-corrected chi connectivity index (χ0v) is 11.9. The summed E-state index contributed by atoms with van der Waals surface area (Å²) in [5.74, 6) is -1.30. The van der Waals surface area contributed by atoms with Crippen molar-refractivity contribution < 1.29 is 14.4 Å². The molecule has 0 bridgehead atoms. The second kappa shape index (κ2) is 8.19. The van der Waals surface area contributed by atoms with Gasteiger partial charge in [-0.2, -0.15) is 0 Å². The molecular weight excluding hydrogens is 260 g/mol. The highest BCUT2D eigenvalue weighted by Crippen LogP contribution is 2.26. The number of rotatable bonds is 5. The van der Waals surface area contributed by atoms with Crippen molar-refractivity contribution in [3.8, 4) is 0 Å². The van der Waals surface area contributed by atoms with Crippen molar-refractivity contribution in [3.05, 3.63) is 9.93 Å². The highest BCUT2D eigenvalue weighted by molar-refractivity contribution is 8.21. The molecule has 0 aromatic rings.